The van der Waals surface area contributed by atoms with Crippen LogP contribution in [0.25, 0.3) is 21.8 Å². The van der Waals surface area contributed by atoms with Crippen molar-refractivity contribution < 1.29 is 12.4 Å². The number of hydrogen-bond acceptors (Lipinski definition) is 2. The van der Waals surface area contributed by atoms with Crippen LogP contribution in [0.2, 0.25) is 0 Å². The first-order chi connectivity index (χ1) is 11.9. The first-order valence-electron chi connectivity index (χ1n) is 8.46. The highest BCUT2D eigenvalue weighted by Crippen LogP contribution is 2.29. The molecule has 0 aliphatic carbocycles. The Morgan fingerprint density at radius 3 is 2.48 bits per heavy atom. The van der Waals surface area contributed by atoms with Crippen molar-refractivity contribution in [2.75, 3.05) is 0 Å². The van der Waals surface area contributed by atoms with Crippen LogP contribution in [-0.2, 0) is 19.6 Å². The van der Waals surface area contributed by atoms with E-state index in [-0.39, 0.29) is 12.4 Å². The molecule has 4 rings (SSSR count). The highest BCUT2D eigenvalue weighted by Gasteiger charge is 2.09. The molecule has 0 saturated carbocycles. The second kappa shape index (κ2) is 7.68. The third-order valence-corrected chi connectivity index (χ3v) is 4.53. The summed E-state index contributed by atoms with van der Waals surface area (Å²) < 4.78 is 2.39. The van der Waals surface area contributed by atoms with Crippen LogP contribution in [0.3, 0.4) is 0 Å². The van der Waals surface area contributed by atoms with Gasteiger partial charge in [0.25, 0.3) is 0 Å². The minimum Gasteiger partial charge on any atom is -1.00 e. The normalized spacial score (nSPS) is 10.9. The number of fused-ring (bicyclic) bond motifs is 3. The molecule has 0 amide bonds. The van der Waals surface area contributed by atoms with Crippen molar-refractivity contribution in [2.24, 2.45) is 0 Å². The van der Waals surface area contributed by atoms with Gasteiger partial charge in [0.2, 0.25) is 0 Å². The van der Waals surface area contributed by atoms with Crippen LogP contribution in [0.5, 0.6) is 0 Å². The zero-order valence-electron chi connectivity index (χ0n) is 14.2. The largest absolute Gasteiger partial charge is 1.00 e. The van der Waals surface area contributed by atoms with E-state index in [0.29, 0.717) is 0 Å². The average Bonchev–Trinajstić information content (AvgIpc) is 2.96. The van der Waals surface area contributed by atoms with Crippen LogP contribution in [0.4, 0.5) is 0 Å². The second-order valence-electron chi connectivity index (χ2n) is 6.08. The quantitative estimate of drug-likeness (QED) is 0.591. The van der Waals surface area contributed by atoms with Gasteiger partial charge < -0.3 is 22.3 Å². The van der Waals surface area contributed by atoms with Crippen LogP contribution >= 0.6 is 0 Å². The summed E-state index contributed by atoms with van der Waals surface area (Å²) in [4.78, 5) is 4.15. The molecule has 2 heterocycles. The molecule has 0 unspecified atom stereocenters. The van der Waals surface area contributed by atoms with E-state index in [4.69, 9.17) is 0 Å². The summed E-state index contributed by atoms with van der Waals surface area (Å²) in [5, 5.41) is 6.18. The highest BCUT2D eigenvalue weighted by atomic mass is 35.5. The minimum atomic E-state index is 0. The van der Waals surface area contributed by atoms with Crippen LogP contribution < -0.4 is 17.7 Å². The summed E-state index contributed by atoms with van der Waals surface area (Å²) in [6, 6.07) is 19.5. The van der Waals surface area contributed by atoms with Gasteiger partial charge in [-0.1, -0.05) is 30.3 Å². The molecule has 0 saturated heterocycles. The second-order valence-corrected chi connectivity index (χ2v) is 6.08. The Hall–Kier alpha value is -2.36. The topological polar surface area (TPSA) is 29.9 Å². The van der Waals surface area contributed by atoms with Crippen molar-refractivity contribution in [1.82, 2.24) is 14.9 Å². The Balaban J connectivity index is 0.00000182. The summed E-state index contributed by atoms with van der Waals surface area (Å²) >= 11 is 0. The molecular weight excluding hydrogens is 330 g/mol. The maximum absolute atomic E-state index is 4.15. The van der Waals surface area contributed by atoms with Crippen molar-refractivity contribution in [3.63, 3.8) is 0 Å². The molecule has 2 aromatic heterocycles. The lowest BCUT2D eigenvalue weighted by molar-refractivity contribution is -0.00000486. The monoisotopic (exact) mass is 350 g/mol. The van der Waals surface area contributed by atoms with E-state index in [0.717, 1.165) is 19.6 Å². The number of nitrogens with zero attached hydrogens (tertiary/aromatic N) is 2. The fraction of sp³-hybridized carbons (Fsp3) is 0.190. The fourth-order valence-electron chi connectivity index (χ4n) is 3.41. The number of para-hydroxylation sites is 1. The molecule has 0 radical (unpaired) electrons. The molecule has 0 spiro atoms. The van der Waals surface area contributed by atoms with E-state index in [9.17, 15) is 0 Å². The maximum atomic E-state index is 4.15. The van der Waals surface area contributed by atoms with Gasteiger partial charge in [-0.05, 0) is 42.3 Å². The summed E-state index contributed by atoms with van der Waals surface area (Å²) in [7, 11) is 0. The molecule has 0 atom stereocenters. The van der Waals surface area contributed by atoms with Gasteiger partial charge in [-0.2, -0.15) is 0 Å². The molecule has 2 aromatic carbocycles. The van der Waals surface area contributed by atoms with Gasteiger partial charge in [-0.25, -0.2) is 0 Å². The SMILES string of the molecule is CCn1c2ccccc2c2cc(CNCc3cccnc3)ccc21.[Cl-]. The number of benzene rings is 2. The summed E-state index contributed by atoms with van der Waals surface area (Å²) in [6.45, 7) is 4.89. The molecule has 3 nitrogen and oxygen atoms in total. The minimum absolute atomic E-state index is 0. The summed E-state index contributed by atoms with van der Waals surface area (Å²) in [5.74, 6) is 0. The summed E-state index contributed by atoms with van der Waals surface area (Å²) in [5.41, 5.74) is 5.15. The Morgan fingerprint density at radius 2 is 1.68 bits per heavy atom. The number of pyridine rings is 1. The highest BCUT2D eigenvalue weighted by molar-refractivity contribution is 6.08. The molecular formula is C21H21ClN3-. The van der Waals surface area contributed by atoms with Crippen molar-refractivity contribution in [2.45, 2.75) is 26.6 Å². The van der Waals surface area contributed by atoms with Gasteiger partial charge in [0, 0.05) is 53.8 Å². The molecule has 1 N–H and O–H groups in total. The number of nitrogens with one attached hydrogen (secondary N) is 1. The van der Waals surface area contributed by atoms with Crippen molar-refractivity contribution >= 4 is 21.8 Å². The lowest BCUT2D eigenvalue weighted by Gasteiger charge is -2.06. The van der Waals surface area contributed by atoms with Gasteiger partial charge in [-0.3, -0.25) is 4.98 Å². The van der Waals surface area contributed by atoms with Gasteiger partial charge in [0.05, 0.1) is 0 Å². The smallest absolute Gasteiger partial charge is 0.0491 e. The predicted molar refractivity (Wildman–Crippen MR) is 99.9 cm³/mol. The van der Waals surface area contributed by atoms with Gasteiger partial charge >= 0.3 is 0 Å². The van der Waals surface area contributed by atoms with E-state index in [2.05, 4.69) is 70.3 Å². The average molecular weight is 351 g/mol. The number of aromatic nitrogens is 2. The van der Waals surface area contributed by atoms with Crippen molar-refractivity contribution in [3.8, 4) is 0 Å². The number of halogens is 1. The van der Waals surface area contributed by atoms with E-state index >= 15 is 0 Å². The number of aryl methyl sites for hydroxylation is 1. The molecule has 4 aromatic rings. The third-order valence-electron chi connectivity index (χ3n) is 4.53. The fourth-order valence-corrected chi connectivity index (χ4v) is 3.41. The van der Waals surface area contributed by atoms with Crippen molar-refractivity contribution in [1.29, 1.82) is 0 Å². The third kappa shape index (κ3) is 3.39. The summed E-state index contributed by atoms with van der Waals surface area (Å²) in [6.07, 6.45) is 3.71. The Bertz CT molecular complexity index is 976. The molecule has 25 heavy (non-hydrogen) atoms. The number of hydrogen-bond donors (Lipinski definition) is 1. The molecule has 0 fully saturated rings. The number of rotatable bonds is 5. The standard InChI is InChI=1S/C21H21N3.ClH/c1-2-24-20-8-4-3-7-18(20)19-12-16(9-10-21(19)24)13-23-15-17-6-5-11-22-14-17;/h3-12,14,23H,2,13,15H2,1H3;1H/p-1. The van der Waals surface area contributed by atoms with Crippen molar-refractivity contribution in [3.05, 3.63) is 78.1 Å². The Morgan fingerprint density at radius 1 is 0.880 bits per heavy atom. The van der Waals surface area contributed by atoms with E-state index < -0.39 is 0 Å². The zero-order valence-corrected chi connectivity index (χ0v) is 15.0. The molecule has 4 heteroatoms. The van der Waals surface area contributed by atoms with Crippen LogP contribution in [0.1, 0.15) is 18.1 Å². The van der Waals surface area contributed by atoms with Gasteiger partial charge in [0.15, 0.2) is 0 Å². The maximum Gasteiger partial charge on any atom is 0.0491 e. The van der Waals surface area contributed by atoms with E-state index in [1.54, 1.807) is 6.20 Å². The first-order valence-corrected chi connectivity index (χ1v) is 8.46. The first kappa shape index (κ1) is 17.5. The molecule has 0 bridgehead atoms. The van der Waals surface area contributed by atoms with Gasteiger partial charge in [-0.15, -0.1) is 0 Å². The molecule has 0 aliphatic rings. The van der Waals surface area contributed by atoms with Gasteiger partial charge in [0.1, 0.15) is 0 Å². The predicted octanol–water partition coefficient (Wildman–Crippen LogP) is 1.50. The lowest BCUT2D eigenvalue weighted by Crippen LogP contribution is -3.00. The lowest BCUT2D eigenvalue weighted by atomic mass is 10.1. The molecule has 128 valence electrons. The van der Waals surface area contributed by atoms with Crippen LogP contribution in [0.15, 0.2) is 67.0 Å². The van der Waals surface area contributed by atoms with Crippen LogP contribution in [-0.4, -0.2) is 9.55 Å². The molecule has 0 aliphatic heterocycles. The Labute approximate surface area is 154 Å². The van der Waals surface area contributed by atoms with Crippen LogP contribution in [0, 0.1) is 0 Å². The zero-order chi connectivity index (χ0) is 16.4. The van der Waals surface area contributed by atoms with E-state index in [1.165, 1.54) is 32.9 Å². The van der Waals surface area contributed by atoms with E-state index in [1.807, 2.05) is 12.3 Å². The Kier molecular flexibility index (Phi) is 5.37.